The van der Waals surface area contributed by atoms with E-state index in [1.165, 1.54) is 16.8 Å². The molecule has 6 heteroatoms. The molecule has 0 fully saturated rings. The standard InChI is InChI=1S/C34H30BrClN2O2/c1-2-39-32-19-23(18-30(35)34(32)40-21-22-7-5-8-25(36)17-22)20-37-26-15-13-24(14-16-26)33-29-11-6-10-27(29)28-9-3-4-12-31(28)38-33/h3-10,12-20,27,29,33,38H,2,11,21H2,1H3/t27-,29+,33+/m1/s1. The van der Waals surface area contributed by atoms with E-state index in [1.54, 1.807) is 0 Å². The maximum absolute atomic E-state index is 6.12. The molecule has 0 aromatic heterocycles. The number of benzene rings is 4. The second-order valence-electron chi connectivity index (χ2n) is 10.1. The fourth-order valence-corrected chi connectivity index (χ4v) is 6.43. The molecule has 1 heterocycles. The Labute approximate surface area is 248 Å². The van der Waals surface area contributed by atoms with Gasteiger partial charge in [0.2, 0.25) is 0 Å². The highest BCUT2D eigenvalue weighted by molar-refractivity contribution is 9.10. The summed E-state index contributed by atoms with van der Waals surface area (Å²) < 4.78 is 12.8. The third-order valence-corrected chi connectivity index (χ3v) is 8.31. The van der Waals surface area contributed by atoms with Crippen LogP contribution in [0.1, 0.15) is 47.6 Å². The molecule has 2 aliphatic rings. The second kappa shape index (κ2) is 11.9. The summed E-state index contributed by atoms with van der Waals surface area (Å²) in [6, 6.07) is 29.1. The Kier molecular flexibility index (Phi) is 7.94. The van der Waals surface area contributed by atoms with Crippen LogP contribution in [0.5, 0.6) is 11.5 Å². The fraction of sp³-hybridized carbons (Fsp3) is 0.206. The molecule has 0 saturated heterocycles. The molecule has 4 nitrogen and oxygen atoms in total. The minimum atomic E-state index is 0.275. The van der Waals surface area contributed by atoms with Gasteiger partial charge in [0.15, 0.2) is 11.5 Å². The zero-order chi connectivity index (χ0) is 27.5. The summed E-state index contributed by atoms with van der Waals surface area (Å²) in [6.07, 6.45) is 7.65. The van der Waals surface area contributed by atoms with Crippen molar-refractivity contribution < 1.29 is 9.47 Å². The molecule has 4 aromatic carbocycles. The molecule has 202 valence electrons. The molecule has 0 bridgehead atoms. The van der Waals surface area contributed by atoms with Crippen LogP contribution >= 0.6 is 27.5 Å². The summed E-state index contributed by atoms with van der Waals surface area (Å²) >= 11 is 9.79. The van der Waals surface area contributed by atoms with Crippen molar-refractivity contribution in [3.05, 3.63) is 129 Å². The van der Waals surface area contributed by atoms with Gasteiger partial charge in [-0.1, -0.05) is 66.2 Å². The largest absolute Gasteiger partial charge is 0.490 e. The lowest BCUT2D eigenvalue weighted by Gasteiger charge is -2.37. The number of para-hydroxylation sites is 1. The van der Waals surface area contributed by atoms with E-state index in [2.05, 4.69) is 81.9 Å². The van der Waals surface area contributed by atoms with E-state index < -0.39 is 0 Å². The van der Waals surface area contributed by atoms with Crippen LogP contribution in [-0.4, -0.2) is 12.8 Å². The van der Waals surface area contributed by atoms with E-state index in [-0.39, 0.29) is 6.04 Å². The number of fused-ring (bicyclic) bond motifs is 3. The number of nitrogens with zero attached hydrogens (tertiary/aromatic N) is 1. The number of ether oxygens (including phenoxy) is 2. The molecule has 3 atom stereocenters. The first-order valence-electron chi connectivity index (χ1n) is 13.6. The molecule has 1 N–H and O–H groups in total. The molecule has 0 radical (unpaired) electrons. The van der Waals surface area contributed by atoms with Gasteiger partial charge in [0.25, 0.3) is 0 Å². The molecule has 0 unspecified atom stereocenters. The fourth-order valence-electron chi connectivity index (χ4n) is 5.64. The Bertz CT molecular complexity index is 1570. The zero-order valence-corrected chi connectivity index (χ0v) is 24.5. The molecule has 0 spiro atoms. The van der Waals surface area contributed by atoms with Gasteiger partial charge < -0.3 is 14.8 Å². The van der Waals surface area contributed by atoms with Gasteiger partial charge >= 0.3 is 0 Å². The van der Waals surface area contributed by atoms with Crippen LogP contribution in [0.4, 0.5) is 11.4 Å². The van der Waals surface area contributed by atoms with Gasteiger partial charge in [0, 0.05) is 22.8 Å². The number of hydrogen-bond acceptors (Lipinski definition) is 4. The van der Waals surface area contributed by atoms with Crippen molar-refractivity contribution in [2.45, 2.75) is 31.9 Å². The van der Waals surface area contributed by atoms with Gasteiger partial charge in [0.1, 0.15) is 6.61 Å². The van der Waals surface area contributed by atoms with Crippen molar-refractivity contribution in [3.8, 4) is 11.5 Å². The Hall–Kier alpha value is -3.54. The van der Waals surface area contributed by atoms with Crippen LogP contribution in [-0.2, 0) is 6.61 Å². The molecule has 0 amide bonds. The molecule has 1 aliphatic carbocycles. The third-order valence-electron chi connectivity index (χ3n) is 7.49. The van der Waals surface area contributed by atoms with E-state index in [9.17, 15) is 0 Å². The van der Waals surface area contributed by atoms with Gasteiger partial charge in [0.05, 0.1) is 22.8 Å². The quantitative estimate of drug-likeness (QED) is 0.159. The lowest BCUT2D eigenvalue weighted by Crippen LogP contribution is -2.28. The summed E-state index contributed by atoms with van der Waals surface area (Å²) in [5.41, 5.74) is 6.73. The predicted octanol–water partition coefficient (Wildman–Crippen LogP) is 9.66. The molecule has 4 aromatic rings. The van der Waals surface area contributed by atoms with Crippen molar-refractivity contribution in [2.75, 3.05) is 11.9 Å². The number of nitrogens with one attached hydrogen (secondary N) is 1. The average Bonchev–Trinajstić information content (AvgIpc) is 3.46. The van der Waals surface area contributed by atoms with Gasteiger partial charge in [-0.2, -0.15) is 0 Å². The van der Waals surface area contributed by atoms with Gasteiger partial charge in [-0.3, -0.25) is 4.99 Å². The highest BCUT2D eigenvalue weighted by Crippen LogP contribution is 2.49. The first kappa shape index (κ1) is 26.7. The molecule has 40 heavy (non-hydrogen) atoms. The van der Waals surface area contributed by atoms with Crippen LogP contribution < -0.4 is 14.8 Å². The predicted molar refractivity (Wildman–Crippen MR) is 168 cm³/mol. The van der Waals surface area contributed by atoms with Gasteiger partial charge in [-0.05, 0) is 99.9 Å². The minimum absolute atomic E-state index is 0.275. The highest BCUT2D eigenvalue weighted by atomic mass is 79.9. The van der Waals surface area contributed by atoms with Crippen LogP contribution in [0.15, 0.2) is 107 Å². The summed E-state index contributed by atoms with van der Waals surface area (Å²) in [5, 5.41) is 4.48. The van der Waals surface area contributed by atoms with E-state index in [4.69, 9.17) is 26.1 Å². The minimum Gasteiger partial charge on any atom is -0.490 e. The van der Waals surface area contributed by atoms with Crippen LogP contribution in [0, 0.1) is 5.92 Å². The van der Waals surface area contributed by atoms with Crippen LogP contribution in [0.25, 0.3) is 0 Å². The zero-order valence-electron chi connectivity index (χ0n) is 22.2. The summed E-state index contributed by atoms with van der Waals surface area (Å²) in [7, 11) is 0. The third kappa shape index (κ3) is 5.67. The molecule has 0 saturated carbocycles. The Morgan fingerprint density at radius 3 is 2.67 bits per heavy atom. The summed E-state index contributed by atoms with van der Waals surface area (Å²) in [6.45, 7) is 2.87. The van der Waals surface area contributed by atoms with E-state index in [1.807, 2.05) is 49.5 Å². The number of allylic oxidation sites excluding steroid dienone is 2. The van der Waals surface area contributed by atoms with Crippen molar-refractivity contribution in [1.82, 2.24) is 0 Å². The number of hydrogen-bond donors (Lipinski definition) is 1. The van der Waals surface area contributed by atoms with Crippen molar-refractivity contribution in [2.24, 2.45) is 10.9 Å². The van der Waals surface area contributed by atoms with Crippen molar-refractivity contribution in [3.63, 3.8) is 0 Å². The van der Waals surface area contributed by atoms with Gasteiger partial charge in [-0.25, -0.2) is 0 Å². The molecule has 6 rings (SSSR count). The SMILES string of the molecule is CCOc1cc(C=Nc2ccc([C@@H]3Nc4ccccc4[C@H]4C=CC[C@@H]43)cc2)cc(Br)c1OCc1cccc(Cl)c1. The van der Waals surface area contributed by atoms with E-state index in [0.29, 0.717) is 41.6 Å². The Balaban J connectivity index is 1.18. The highest BCUT2D eigenvalue weighted by Gasteiger charge is 2.37. The first-order valence-corrected chi connectivity index (χ1v) is 14.8. The van der Waals surface area contributed by atoms with Crippen molar-refractivity contribution in [1.29, 1.82) is 0 Å². The first-order chi connectivity index (χ1) is 19.6. The lowest BCUT2D eigenvalue weighted by atomic mass is 9.77. The van der Waals surface area contributed by atoms with Gasteiger partial charge in [-0.15, -0.1) is 0 Å². The summed E-state index contributed by atoms with van der Waals surface area (Å²) in [5.74, 6) is 2.32. The van der Waals surface area contributed by atoms with E-state index in [0.717, 1.165) is 27.7 Å². The van der Waals surface area contributed by atoms with Crippen LogP contribution in [0.3, 0.4) is 0 Å². The maximum Gasteiger partial charge on any atom is 0.175 e. The smallest absolute Gasteiger partial charge is 0.175 e. The average molecular weight is 614 g/mol. The van der Waals surface area contributed by atoms with Crippen molar-refractivity contribution >= 4 is 45.1 Å². The lowest BCUT2D eigenvalue weighted by molar-refractivity contribution is 0.267. The second-order valence-corrected chi connectivity index (χ2v) is 11.4. The molecule has 1 aliphatic heterocycles. The number of halogens is 2. The Morgan fingerprint density at radius 1 is 1.00 bits per heavy atom. The van der Waals surface area contributed by atoms with Crippen LogP contribution in [0.2, 0.25) is 5.02 Å². The number of anilines is 1. The monoisotopic (exact) mass is 612 g/mol. The Morgan fingerprint density at radius 2 is 1.85 bits per heavy atom. The maximum atomic E-state index is 6.12. The van der Waals surface area contributed by atoms with E-state index >= 15 is 0 Å². The molecular weight excluding hydrogens is 584 g/mol. The molecular formula is C34H30BrClN2O2. The number of aliphatic imine (C=N–C) groups is 1. The topological polar surface area (TPSA) is 42.8 Å². The summed E-state index contributed by atoms with van der Waals surface area (Å²) in [4.78, 5) is 4.75. The normalized spacial score (nSPS) is 19.2. The number of rotatable bonds is 8.